The summed E-state index contributed by atoms with van der Waals surface area (Å²) >= 11 is 17.1. The number of alkyl halides is 3. The van der Waals surface area contributed by atoms with E-state index in [1.54, 1.807) is 0 Å². The Morgan fingerprint density at radius 2 is 1.29 bits per heavy atom. The average Bonchev–Trinajstić information content (AvgIpc) is 2.54. The minimum Gasteiger partial charge on any atom is -0.360 e. The van der Waals surface area contributed by atoms with Crippen LogP contribution in [-0.4, -0.2) is 46.4 Å². The van der Waals surface area contributed by atoms with E-state index in [0.717, 1.165) is 5.56 Å². The molecule has 4 nitrogen and oxygen atoms in total. The summed E-state index contributed by atoms with van der Waals surface area (Å²) in [5.41, 5.74) is 1.10. The van der Waals surface area contributed by atoms with Gasteiger partial charge in [0.25, 0.3) is 0 Å². The van der Waals surface area contributed by atoms with E-state index >= 15 is 0 Å². The molecule has 1 rings (SSSR count). The SMILES string of the molecule is ClCCO[Si](NCc1ccccc1)(OCCCl)OCCCl. The zero-order chi connectivity index (χ0) is 15.4. The third kappa shape index (κ3) is 7.81. The van der Waals surface area contributed by atoms with E-state index in [1.165, 1.54) is 0 Å². The van der Waals surface area contributed by atoms with Crippen LogP contribution >= 0.6 is 34.8 Å². The lowest BCUT2D eigenvalue weighted by Crippen LogP contribution is -2.59. The number of rotatable bonds is 12. The monoisotopic (exact) mass is 371 g/mol. The van der Waals surface area contributed by atoms with Gasteiger partial charge in [-0.3, -0.25) is 4.98 Å². The second-order valence-electron chi connectivity index (χ2n) is 4.01. The maximum Gasteiger partial charge on any atom is 0.597 e. The van der Waals surface area contributed by atoms with Crippen LogP contribution in [0, 0.1) is 0 Å². The highest BCUT2D eigenvalue weighted by Gasteiger charge is 2.42. The molecule has 0 unspecified atom stereocenters. The van der Waals surface area contributed by atoms with Crippen LogP contribution in [0.4, 0.5) is 0 Å². The number of nitrogens with one attached hydrogen (secondary N) is 1. The van der Waals surface area contributed by atoms with Crippen molar-refractivity contribution in [2.45, 2.75) is 6.54 Å². The third-order valence-electron chi connectivity index (χ3n) is 2.46. The highest BCUT2D eigenvalue weighted by atomic mass is 35.5. The second-order valence-corrected chi connectivity index (χ2v) is 7.47. The summed E-state index contributed by atoms with van der Waals surface area (Å²) < 4.78 is 17.2. The first-order chi connectivity index (χ1) is 10.3. The van der Waals surface area contributed by atoms with Crippen LogP contribution < -0.4 is 4.98 Å². The first-order valence-corrected chi connectivity index (χ1v) is 9.98. The number of hydrogen-bond donors (Lipinski definition) is 1. The maximum absolute atomic E-state index is 5.74. The van der Waals surface area contributed by atoms with Crippen molar-refractivity contribution >= 4 is 43.8 Å². The molecule has 0 aromatic heterocycles. The van der Waals surface area contributed by atoms with Gasteiger partial charge in [0.1, 0.15) is 0 Å². The fourth-order valence-electron chi connectivity index (χ4n) is 1.60. The highest BCUT2D eigenvalue weighted by Crippen LogP contribution is 2.10. The highest BCUT2D eigenvalue weighted by molar-refractivity contribution is 6.58. The summed E-state index contributed by atoms with van der Waals surface area (Å²) in [5, 5.41) is 0. The molecule has 0 heterocycles. The second kappa shape index (κ2) is 11.7. The van der Waals surface area contributed by atoms with Crippen LogP contribution in [0.25, 0.3) is 0 Å². The van der Waals surface area contributed by atoms with Crippen LogP contribution in [0.5, 0.6) is 0 Å². The van der Waals surface area contributed by atoms with Crippen LogP contribution in [-0.2, 0) is 19.8 Å². The Balaban J connectivity index is 2.69. The van der Waals surface area contributed by atoms with E-state index in [-0.39, 0.29) is 0 Å². The fourth-order valence-corrected chi connectivity index (χ4v) is 4.31. The van der Waals surface area contributed by atoms with Gasteiger partial charge in [0, 0.05) is 24.2 Å². The van der Waals surface area contributed by atoms with Crippen molar-refractivity contribution in [3.63, 3.8) is 0 Å². The predicted octanol–water partition coefficient (Wildman–Crippen LogP) is 2.98. The standard InChI is InChI=1S/C13H20Cl3NO3Si/c14-6-9-18-21(19-10-7-15,20-11-8-16)17-12-13-4-2-1-3-5-13/h1-5,17H,6-12H2. The van der Waals surface area contributed by atoms with Gasteiger partial charge in [0.2, 0.25) is 0 Å². The zero-order valence-electron chi connectivity index (χ0n) is 11.7. The summed E-state index contributed by atoms with van der Waals surface area (Å²) in [6.07, 6.45) is 0. The Morgan fingerprint density at radius 1 is 0.810 bits per heavy atom. The largest absolute Gasteiger partial charge is 0.597 e. The van der Waals surface area contributed by atoms with Crippen molar-refractivity contribution in [2.24, 2.45) is 0 Å². The molecule has 0 atom stereocenters. The van der Waals surface area contributed by atoms with Gasteiger partial charge in [0.15, 0.2) is 0 Å². The Morgan fingerprint density at radius 3 is 1.71 bits per heavy atom. The molecule has 8 heteroatoms. The molecule has 0 fully saturated rings. The van der Waals surface area contributed by atoms with E-state index in [2.05, 4.69) is 4.98 Å². The lowest BCUT2D eigenvalue weighted by molar-refractivity contribution is 0.0609. The average molecular weight is 373 g/mol. The van der Waals surface area contributed by atoms with E-state index in [1.807, 2.05) is 30.3 Å². The summed E-state index contributed by atoms with van der Waals surface area (Å²) in [6, 6.07) is 9.93. The minimum atomic E-state index is -3.04. The number of benzene rings is 1. The van der Waals surface area contributed by atoms with Crippen LogP contribution in [0.3, 0.4) is 0 Å². The van der Waals surface area contributed by atoms with Crippen molar-refractivity contribution in [2.75, 3.05) is 37.5 Å². The smallest absolute Gasteiger partial charge is 0.360 e. The van der Waals surface area contributed by atoms with E-state index in [9.17, 15) is 0 Å². The van der Waals surface area contributed by atoms with Gasteiger partial charge in [-0.15, -0.1) is 34.8 Å². The number of hydrogen-bond acceptors (Lipinski definition) is 4. The molecule has 0 saturated carbocycles. The van der Waals surface area contributed by atoms with Gasteiger partial charge in [-0.2, -0.15) is 0 Å². The van der Waals surface area contributed by atoms with Gasteiger partial charge in [-0.05, 0) is 5.56 Å². The normalized spacial score (nSPS) is 11.8. The molecule has 0 aliphatic rings. The Kier molecular flexibility index (Phi) is 10.7. The summed E-state index contributed by atoms with van der Waals surface area (Å²) in [5.74, 6) is 1.07. The quantitative estimate of drug-likeness (QED) is 0.452. The molecular weight excluding hydrogens is 353 g/mol. The molecule has 0 spiro atoms. The van der Waals surface area contributed by atoms with Crippen LogP contribution in [0.2, 0.25) is 0 Å². The van der Waals surface area contributed by atoms with Crippen molar-refractivity contribution in [1.82, 2.24) is 4.98 Å². The Labute approximate surface area is 142 Å². The summed E-state index contributed by atoms with van der Waals surface area (Å²) in [7, 11) is -3.04. The van der Waals surface area contributed by atoms with Crippen molar-refractivity contribution in [1.29, 1.82) is 0 Å². The van der Waals surface area contributed by atoms with Gasteiger partial charge in [-0.25, -0.2) is 0 Å². The minimum absolute atomic E-state index is 0.333. The topological polar surface area (TPSA) is 39.7 Å². The maximum atomic E-state index is 5.74. The van der Waals surface area contributed by atoms with Crippen molar-refractivity contribution in [3.8, 4) is 0 Å². The molecular formula is C13H20Cl3NO3Si. The third-order valence-corrected chi connectivity index (χ3v) is 5.28. The molecule has 1 N–H and O–H groups in total. The zero-order valence-corrected chi connectivity index (χ0v) is 15.0. The molecule has 0 bridgehead atoms. The van der Waals surface area contributed by atoms with E-state index < -0.39 is 8.97 Å². The van der Waals surface area contributed by atoms with Gasteiger partial charge < -0.3 is 13.3 Å². The molecule has 120 valence electrons. The predicted molar refractivity (Wildman–Crippen MR) is 89.1 cm³/mol. The van der Waals surface area contributed by atoms with Crippen molar-refractivity contribution in [3.05, 3.63) is 35.9 Å². The van der Waals surface area contributed by atoms with Gasteiger partial charge in [0.05, 0.1) is 19.8 Å². The molecule has 0 radical (unpaired) electrons. The lowest BCUT2D eigenvalue weighted by atomic mass is 10.2. The molecule has 21 heavy (non-hydrogen) atoms. The molecule has 0 amide bonds. The fraction of sp³-hybridized carbons (Fsp3) is 0.538. The molecule has 1 aromatic carbocycles. The number of halogens is 3. The summed E-state index contributed by atoms with van der Waals surface area (Å²) in [4.78, 5) is 3.25. The van der Waals surface area contributed by atoms with Gasteiger partial charge in [-0.1, -0.05) is 30.3 Å². The molecule has 0 aliphatic heterocycles. The molecule has 0 saturated heterocycles. The van der Waals surface area contributed by atoms with Crippen LogP contribution in [0.15, 0.2) is 30.3 Å². The first kappa shape index (κ1) is 19.2. The van der Waals surface area contributed by atoms with Crippen molar-refractivity contribution < 1.29 is 13.3 Å². The van der Waals surface area contributed by atoms with E-state index in [4.69, 9.17) is 48.1 Å². The Hall–Kier alpha value is 0.147. The first-order valence-electron chi connectivity index (χ1n) is 6.65. The molecule has 0 aliphatic carbocycles. The van der Waals surface area contributed by atoms with Crippen LogP contribution in [0.1, 0.15) is 5.56 Å². The Bertz CT molecular complexity index is 351. The summed E-state index contributed by atoms with van der Waals surface area (Å²) in [6.45, 7) is 1.57. The molecule has 1 aromatic rings. The van der Waals surface area contributed by atoms with E-state index in [0.29, 0.717) is 44.0 Å². The lowest BCUT2D eigenvalue weighted by Gasteiger charge is -2.29. The van der Waals surface area contributed by atoms with Gasteiger partial charge >= 0.3 is 8.97 Å².